The Labute approximate surface area is 178 Å². The average Bonchev–Trinajstić information content (AvgIpc) is 3.09. The fraction of sp³-hybridized carbons (Fsp3) is 0.522. The number of hydrogen-bond acceptors (Lipinski definition) is 4. The van der Waals surface area contributed by atoms with Crippen LogP contribution in [0.3, 0.4) is 0 Å². The first kappa shape index (κ1) is 21.6. The Kier molecular flexibility index (Phi) is 6.83. The maximum atomic E-state index is 12.6. The van der Waals surface area contributed by atoms with Crippen LogP contribution in [-0.2, 0) is 16.8 Å². The number of carbonyl (C=O) groups is 1. The van der Waals surface area contributed by atoms with E-state index in [4.69, 9.17) is 0 Å². The van der Waals surface area contributed by atoms with E-state index in [2.05, 4.69) is 68.7 Å². The summed E-state index contributed by atoms with van der Waals surface area (Å²) in [5.41, 5.74) is 2.42. The number of hydrogen-bond donors (Lipinski definition) is 0. The van der Waals surface area contributed by atoms with Crippen molar-refractivity contribution in [1.82, 2.24) is 19.7 Å². The number of benzene rings is 1. The van der Waals surface area contributed by atoms with E-state index in [0.717, 1.165) is 48.4 Å². The summed E-state index contributed by atoms with van der Waals surface area (Å²) >= 11 is 1.46. The van der Waals surface area contributed by atoms with Crippen LogP contribution in [-0.4, -0.2) is 44.4 Å². The first-order chi connectivity index (χ1) is 13.8. The molecule has 1 aliphatic rings. The van der Waals surface area contributed by atoms with Gasteiger partial charge in [-0.05, 0) is 29.7 Å². The van der Waals surface area contributed by atoms with Crippen LogP contribution < -0.4 is 0 Å². The van der Waals surface area contributed by atoms with Gasteiger partial charge in [0.1, 0.15) is 0 Å². The summed E-state index contributed by atoms with van der Waals surface area (Å²) in [4.78, 5) is 14.6. The SMILES string of the molecule is C=CCn1c(SCC(=O)N2CCC(C)CC2)nnc1-c1ccc(C(C)(C)C)cc1. The molecule has 5 nitrogen and oxygen atoms in total. The second kappa shape index (κ2) is 9.16. The Morgan fingerprint density at radius 1 is 1.21 bits per heavy atom. The maximum absolute atomic E-state index is 12.6. The third-order valence-electron chi connectivity index (χ3n) is 5.50. The molecule has 2 heterocycles. The average molecular weight is 413 g/mol. The van der Waals surface area contributed by atoms with Crippen LogP contribution in [0.1, 0.15) is 46.1 Å². The number of carbonyl (C=O) groups excluding carboxylic acids is 1. The monoisotopic (exact) mass is 412 g/mol. The van der Waals surface area contributed by atoms with E-state index < -0.39 is 0 Å². The molecule has 156 valence electrons. The molecule has 0 bridgehead atoms. The molecule has 1 aliphatic heterocycles. The van der Waals surface area contributed by atoms with Crippen molar-refractivity contribution in [3.63, 3.8) is 0 Å². The van der Waals surface area contributed by atoms with Crippen molar-refractivity contribution in [3.05, 3.63) is 42.5 Å². The molecule has 29 heavy (non-hydrogen) atoms. The van der Waals surface area contributed by atoms with E-state index in [1.165, 1.54) is 17.3 Å². The van der Waals surface area contributed by atoms with Crippen molar-refractivity contribution < 1.29 is 4.79 Å². The van der Waals surface area contributed by atoms with Gasteiger partial charge in [0.15, 0.2) is 11.0 Å². The van der Waals surface area contributed by atoms with Gasteiger partial charge in [-0.15, -0.1) is 16.8 Å². The fourth-order valence-corrected chi connectivity index (χ4v) is 4.35. The van der Waals surface area contributed by atoms with Crippen LogP contribution in [0.25, 0.3) is 11.4 Å². The zero-order valence-electron chi connectivity index (χ0n) is 18.0. The van der Waals surface area contributed by atoms with E-state index >= 15 is 0 Å². The van der Waals surface area contributed by atoms with E-state index in [1.807, 2.05) is 15.5 Å². The number of thioether (sulfide) groups is 1. The Morgan fingerprint density at radius 2 is 1.86 bits per heavy atom. The largest absolute Gasteiger partial charge is 0.342 e. The van der Waals surface area contributed by atoms with Crippen LogP contribution in [0.5, 0.6) is 0 Å². The Balaban J connectivity index is 1.73. The summed E-state index contributed by atoms with van der Waals surface area (Å²) in [5, 5.41) is 9.55. The van der Waals surface area contributed by atoms with Crippen LogP contribution in [0.4, 0.5) is 0 Å². The van der Waals surface area contributed by atoms with Gasteiger partial charge < -0.3 is 4.90 Å². The summed E-state index contributed by atoms with van der Waals surface area (Å²) in [5.74, 6) is 2.11. The normalized spacial score (nSPS) is 15.5. The zero-order valence-corrected chi connectivity index (χ0v) is 18.8. The van der Waals surface area contributed by atoms with Gasteiger partial charge in [0.25, 0.3) is 0 Å². The van der Waals surface area contributed by atoms with Gasteiger partial charge in [-0.3, -0.25) is 9.36 Å². The fourth-order valence-electron chi connectivity index (χ4n) is 3.50. The van der Waals surface area contributed by atoms with E-state index in [-0.39, 0.29) is 11.3 Å². The number of rotatable bonds is 6. The van der Waals surface area contributed by atoms with Crippen molar-refractivity contribution in [2.75, 3.05) is 18.8 Å². The van der Waals surface area contributed by atoms with Crippen molar-refractivity contribution in [2.45, 2.75) is 57.7 Å². The molecule has 0 saturated carbocycles. The van der Waals surface area contributed by atoms with Gasteiger partial charge in [0, 0.05) is 25.2 Å². The lowest BCUT2D eigenvalue weighted by Gasteiger charge is -2.30. The standard InChI is InChI=1S/C23H32N4OS/c1-6-13-27-21(18-7-9-19(10-8-18)23(3,4)5)24-25-22(27)29-16-20(28)26-14-11-17(2)12-15-26/h6-10,17H,1,11-16H2,2-5H3. The molecule has 1 aromatic heterocycles. The third-order valence-corrected chi connectivity index (χ3v) is 6.45. The maximum Gasteiger partial charge on any atom is 0.233 e. The molecular formula is C23H32N4OS. The number of nitrogens with zero attached hydrogens (tertiary/aromatic N) is 4. The molecular weight excluding hydrogens is 380 g/mol. The first-order valence-corrected chi connectivity index (χ1v) is 11.3. The smallest absolute Gasteiger partial charge is 0.233 e. The number of likely N-dealkylation sites (tertiary alicyclic amines) is 1. The molecule has 0 unspecified atom stereocenters. The summed E-state index contributed by atoms with van der Waals surface area (Å²) in [6.07, 6.45) is 4.03. The summed E-state index contributed by atoms with van der Waals surface area (Å²) in [6.45, 7) is 15.1. The minimum Gasteiger partial charge on any atom is -0.342 e. The number of amides is 1. The molecule has 0 spiro atoms. The number of allylic oxidation sites excluding steroid dienone is 1. The second-order valence-corrected chi connectivity index (χ2v) is 9.83. The quantitative estimate of drug-likeness (QED) is 0.506. The van der Waals surface area contributed by atoms with Crippen LogP contribution in [0, 0.1) is 5.92 Å². The van der Waals surface area contributed by atoms with Gasteiger partial charge in [0.2, 0.25) is 5.91 Å². The van der Waals surface area contributed by atoms with Gasteiger partial charge in [-0.25, -0.2) is 0 Å². The molecule has 0 atom stereocenters. The predicted octanol–water partition coefficient (Wildman–Crippen LogP) is 4.78. The van der Waals surface area contributed by atoms with Gasteiger partial charge in [0.05, 0.1) is 5.75 Å². The highest BCUT2D eigenvalue weighted by Crippen LogP contribution is 2.28. The minimum atomic E-state index is 0.112. The first-order valence-electron chi connectivity index (χ1n) is 10.3. The number of aromatic nitrogens is 3. The minimum absolute atomic E-state index is 0.112. The molecule has 1 fully saturated rings. The van der Waals surface area contributed by atoms with Crippen molar-refractivity contribution in [3.8, 4) is 11.4 Å². The predicted molar refractivity (Wildman–Crippen MR) is 120 cm³/mol. The van der Waals surface area contributed by atoms with Crippen molar-refractivity contribution in [2.24, 2.45) is 5.92 Å². The highest BCUT2D eigenvalue weighted by Gasteiger charge is 2.22. The lowest BCUT2D eigenvalue weighted by molar-refractivity contribution is -0.129. The molecule has 1 saturated heterocycles. The van der Waals surface area contributed by atoms with Gasteiger partial charge in [-0.2, -0.15) is 0 Å². The topological polar surface area (TPSA) is 51.0 Å². The lowest BCUT2D eigenvalue weighted by atomic mass is 9.87. The number of piperidine rings is 1. The van der Waals surface area contributed by atoms with Crippen LogP contribution >= 0.6 is 11.8 Å². The van der Waals surface area contributed by atoms with Crippen molar-refractivity contribution >= 4 is 17.7 Å². The molecule has 6 heteroatoms. The molecule has 0 aliphatic carbocycles. The molecule has 3 rings (SSSR count). The summed E-state index contributed by atoms with van der Waals surface area (Å²) in [7, 11) is 0. The molecule has 0 radical (unpaired) electrons. The molecule has 2 aromatic rings. The molecule has 0 N–H and O–H groups in total. The summed E-state index contributed by atoms with van der Waals surface area (Å²) < 4.78 is 2.04. The molecule has 1 aromatic carbocycles. The van der Waals surface area contributed by atoms with Gasteiger partial charge in [-0.1, -0.05) is 69.8 Å². The summed E-state index contributed by atoms with van der Waals surface area (Å²) in [6, 6.07) is 8.49. The van der Waals surface area contributed by atoms with Crippen molar-refractivity contribution in [1.29, 1.82) is 0 Å². The van der Waals surface area contributed by atoms with Crippen LogP contribution in [0.15, 0.2) is 42.1 Å². The Morgan fingerprint density at radius 3 is 2.45 bits per heavy atom. The Hall–Kier alpha value is -2.08. The Bertz CT molecular complexity index is 843. The van der Waals surface area contributed by atoms with E-state index in [0.29, 0.717) is 12.3 Å². The van der Waals surface area contributed by atoms with Gasteiger partial charge >= 0.3 is 0 Å². The highest BCUT2D eigenvalue weighted by molar-refractivity contribution is 7.99. The zero-order chi connectivity index (χ0) is 21.0. The van der Waals surface area contributed by atoms with Crippen LogP contribution in [0.2, 0.25) is 0 Å². The third kappa shape index (κ3) is 5.30. The van der Waals surface area contributed by atoms with E-state index in [9.17, 15) is 4.79 Å². The molecule has 1 amide bonds. The highest BCUT2D eigenvalue weighted by atomic mass is 32.2. The lowest BCUT2D eigenvalue weighted by Crippen LogP contribution is -2.38. The van der Waals surface area contributed by atoms with E-state index in [1.54, 1.807) is 0 Å². The second-order valence-electron chi connectivity index (χ2n) is 8.88.